The van der Waals surface area contributed by atoms with Crippen molar-refractivity contribution in [1.82, 2.24) is 14.5 Å². The van der Waals surface area contributed by atoms with Crippen LogP contribution in [0.25, 0.3) is 0 Å². The SMILES string of the molecule is COC(=O)C(CC(C)C)NC(=O)Cc1cccc(NC(=O)c2cc(NC(=O)c3cc([N+](=O)[O-])cn3C)cn2C)c1. The van der Waals surface area contributed by atoms with Gasteiger partial charge in [0.05, 0.1) is 30.3 Å². The summed E-state index contributed by atoms with van der Waals surface area (Å²) in [7, 11) is 4.43. The van der Waals surface area contributed by atoms with Crippen molar-refractivity contribution >= 4 is 40.8 Å². The fourth-order valence-electron chi connectivity index (χ4n) is 4.14. The van der Waals surface area contributed by atoms with E-state index in [4.69, 9.17) is 4.74 Å². The molecule has 3 amide bonds. The summed E-state index contributed by atoms with van der Waals surface area (Å²) < 4.78 is 7.66. The molecule has 0 aliphatic heterocycles. The molecule has 0 aliphatic rings. The number of rotatable bonds is 11. The lowest BCUT2D eigenvalue weighted by Crippen LogP contribution is -2.43. The van der Waals surface area contributed by atoms with Crippen LogP contribution in [0.1, 0.15) is 46.8 Å². The molecule has 3 rings (SSSR count). The Labute approximate surface area is 230 Å². The zero-order valence-corrected chi connectivity index (χ0v) is 22.9. The van der Waals surface area contributed by atoms with Gasteiger partial charge >= 0.3 is 5.97 Å². The lowest BCUT2D eigenvalue weighted by Gasteiger charge is -2.18. The van der Waals surface area contributed by atoms with Gasteiger partial charge in [0.15, 0.2) is 0 Å². The molecule has 0 saturated carbocycles. The standard InChI is InChI=1S/C27H32N6O7/c1-16(2)9-21(27(37)40-5)30-24(34)11-17-7-6-8-18(10-17)28-25(35)22-12-19(14-31(22)3)29-26(36)23-13-20(33(38)39)15-32(23)4/h6-8,10,12-16,21H,9,11H2,1-5H3,(H,28,35)(H,29,36)(H,30,34). The summed E-state index contributed by atoms with van der Waals surface area (Å²) in [5.74, 6) is -1.71. The zero-order chi connectivity index (χ0) is 29.6. The second-order valence-corrected chi connectivity index (χ2v) is 9.73. The summed E-state index contributed by atoms with van der Waals surface area (Å²) >= 11 is 0. The number of amides is 3. The van der Waals surface area contributed by atoms with Crippen LogP contribution in [0.3, 0.4) is 0 Å². The third-order valence-corrected chi connectivity index (χ3v) is 6.01. The summed E-state index contributed by atoms with van der Waals surface area (Å²) in [6, 6.07) is 8.64. The topological polar surface area (TPSA) is 167 Å². The number of carbonyl (C=O) groups excluding carboxylic acids is 4. The molecule has 0 radical (unpaired) electrons. The van der Waals surface area contributed by atoms with Crippen LogP contribution >= 0.6 is 0 Å². The van der Waals surface area contributed by atoms with Gasteiger partial charge < -0.3 is 29.8 Å². The van der Waals surface area contributed by atoms with Crippen molar-refractivity contribution in [2.75, 3.05) is 17.7 Å². The first-order valence-corrected chi connectivity index (χ1v) is 12.4. The van der Waals surface area contributed by atoms with Gasteiger partial charge in [-0.05, 0) is 36.1 Å². The van der Waals surface area contributed by atoms with Gasteiger partial charge in [-0.25, -0.2) is 4.79 Å². The number of nitrogens with zero attached hydrogens (tertiary/aromatic N) is 3. The number of hydrogen-bond acceptors (Lipinski definition) is 7. The Hall–Kier alpha value is -4.94. The molecule has 2 aromatic heterocycles. The van der Waals surface area contributed by atoms with Gasteiger partial charge in [0.1, 0.15) is 17.4 Å². The molecule has 1 unspecified atom stereocenters. The summed E-state index contributed by atoms with van der Waals surface area (Å²) in [6.45, 7) is 3.88. The molecule has 212 valence electrons. The molecule has 0 saturated heterocycles. The number of nitrogens with one attached hydrogen (secondary N) is 3. The number of aromatic nitrogens is 2. The largest absolute Gasteiger partial charge is 0.467 e. The number of benzene rings is 1. The van der Waals surface area contributed by atoms with E-state index in [2.05, 4.69) is 16.0 Å². The number of hydrogen-bond donors (Lipinski definition) is 3. The molecule has 1 aromatic carbocycles. The van der Waals surface area contributed by atoms with Gasteiger partial charge in [0.25, 0.3) is 17.5 Å². The summed E-state index contributed by atoms with van der Waals surface area (Å²) in [6.07, 6.45) is 3.21. The Bertz CT molecular complexity index is 1440. The van der Waals surface area contributed by atoms with Crippen molar-refractivity contribution < 1.29 is 28.8 Å². The number of ether oxygens (including phenoxy) is 1. The van der Waals surface area contributed by atoms with Gasteiger partial charge in [-0.1, -0.05) is 26.0 Å². The van der Waals surface area contributed by atoms with Gasteiger partial charge in [-0.3, -0.25) is 24.5 Å². The van der Waals surface area contributed by atoms with E-state index in [-0.39, 0.29) is 35.3 Å². The number of carbonyl (C=O) groups is 4. The quantitative estimate of drug-likeness (QED) is 0.187. The summed E-state index contributed by atoms with van der Waals surface area (Å²) in [4.78, 5) is 60.6. The number of anilines is 2. The molecule has 0 bridgehead atoms. The number of esters is 1. The predicted molar refractivity (Wildman–Crippen MR) is 147 cm³/mol. The molecule has 0 spiro atoms. The van der Waals surface area contributed by atoms with Crippen molar-refractivity contribution in [3.8, 4) is 0 Å². The second-order valence-electron chi connectivity index (χ2n) is 9.73. The first-order chi connectivity index (χ1) is 18.9. The number of aryl methyl sites for hydroxylation is 2. The molecule has 0 fully saturated rings. The maximum absolute atomic E-state index is 13.0. The van der Waals surface area contributed by atoms with E-state index < -0.39 is 28.7 Å². The highest BCUT2D eigenvalue weighted by molar-refractivity contribution is 6.07. The van der Waals surface area contributed by atoms with Crippen LogP contribution < -0.4 is 16.0 Å². The van der Waals surface area contributed by atoms with E-state index >= 15 is 0 Å². The van der Waals surface area contributed by atoms with E-state index in [1.165, 1.54) is 41.6 Å². The number of nitro groups is 1. The highest BCUT2D eigenvalue weighted by Gasteiger charge is 2.23. The van der Waals surface area contributed by atoms with Crippen molar-refractivity contribution in [1.29, 1.82) is 0 Å². The second kappa shape index (κ2) is 12.7. The van der Waals surface area contributed by atoms with Crippen LogP contribution in [0.2, 0.25) is 0 Å². The first kappa shape index (κ1) is 29.6. The van der Waals surface area contributed by atoms with E-state index in [1.54, 1.807) is 37.5 Å². The third-order valence-electron chi connectivity index (χ3n) is 6.01. The van der Waals surface area contributed by atoms with E-state index in [9.17, 15) is 29.3 Å². The maximum atomic E-state index is 13.0. The minimum Gasteiger partial charge on any atom is -0.467 e. The lowest BCUT2D eigenvalue weighted by atomic mass is 10.0. The Morgan fingerprint density at radius 1 is 0.950 bits per heavy atom. The van der Waals surface area contributed by atoms with Gasteiger partial charge in [-0.15, -0.1) is 0 Å². The normalized spacial score (nSPS) is 11.6. The third kappa shape index (κ3) is 7.56. The summed E-state index contributed by atoms with van der Waals surface area (Å²) in [5.41, 5.74) is 1.52. The van der Waals surface area contributed by atoms with Crippen LogP contribution in [0.15, 0.2) is 48.8 Å². The lowest BCUT2D eigenvalue weighted by molar-refractivity contribution is -0.384. The van der Waals surface area contributed by atoms with Crippen molar-refractivity contribution in [3.05, 3.63) is 75.9 Å². The molecule has 3 N–H and O–H groups in total. The molecular weight excluding hydrogens is 520 g/mol. The smallest absolute Gasteiger partial charge is 0.328 e. The predicted octanol–water partition coefficient (Wildman–Crippen LogP) is 3.02. The van der Waals surface area contributed by atoms with Crippen LogP contribution in [0.4, 0.5) is 17.1 Å². The van der Waals surface area contributed by atoms with Crippen molar-refractivity contribution in [2.45, 2.75) is 32.7 Å². The molecule has 40 heavy (non-hydrogen) atoms. The van der Waals surface area contributed by atoms with Crippen LogP contribution in [0, 0.1) is 16.0 Å². The van der Waals surface area contributed by atoms with Crippen LogP contribution in [-0.2, 0) is 34.8 Å². The molecule has 13 nitrogen and oxygen atoms in total. The molecule has 0 aliphatic carbocycles. The van der Waals surface area contributed by atoms with Gasteiger partial charge in [-0.2, -0.15) is 0 Å². The molecule has 2 heterocycles. The summed E-state index contributed by atoms with van der Waals surface area (Å²) in [5, 5.41) is 19.1. The Morgan fingerprint density at radius 3 is 2.17 bits per heavy atom. The zero-order valence-electron chi connectivity index (χ0n) is 22.9. The fourth-order valence-corrected chi connectivity index (χ4v) is 4.14. The minimum absolute atomic E-state index is 0.00699. The van der Waals surface area contributed by atoms with Gasteiger partial charge in [0, 0.05) is 32.0 Å². The monoisotopic (exact) mass is 552 g/mol. The Balaban J connectivity index is 1.65. The average molecular weight is 553 g/mol. The van der Waals surface area contributed by atoms with Crippen molar-refractivity contribution in [2.24, 2.45) is 20.0 Å². The van der Waals surface area contributed by atoms with Crippen LogP contribution in [-0.4, -0.2) is 50.9 Å². The molecular formula is C27H32N6O7. The first-order valence-electron chi connectivity index (χ1n) is 12.4. The van der Waals surface area contributed by atoms with E-state index in [0.717, 1.165) is 0 Å². The maximum Gasteiger partial charge on any atom is 0.328 e. The molecule has 1 atom stereocenters. The van der Waals surface area contributed by atoms with Crippen molar-refractivity contribution in [3.63, 3.8) is 0 Å². The molecule has 13 heteroatoms. The highest BCUT2D eigenvalue weighted by atomic mass is 16.6. The Kier molecular flexibility index (Phi) is 9.43. The van der Waals surface area contributed by atoms with Crippen LogP contribution in [0.5, 0.6) is 0 Å². The minimum atomic E-state index is -0.746. The molecule has 3 aromatic rings. The van der Waals surface area contributed by atoms with E-state index in [1.807, 2.05) is 13.8 Å². The number of methoxy groups -OCH3 is 1. The van der Waals surface area contributed by atoms with Gasteiger partial charge in [0.2, 0.25) is 5.91 Å². The average Bonchev–Trinajstić information content (AvgIpc) is 3.45. The van der Waals surface area contributed by atoms with E-state index in [0.29, 0.717) is 23.4 Å². The highest BCUT2D eigenvalue weighted by Crippen LogP contribution is 2.20. The Morgan fingerprint density at radius 2 is 1.57 bits per heavy atom. The fraction of sp³-hybridized carbons (Fsp3) is 0.333.